The van der Waals surface area contributed by atoms with Gasteiger partial charge in [0.05, 0.1) is 5.02 Å². The van der Waals surface area contributed by atoms with E-state index in [0.29, 0.717) is 15.1 Å². The fraction of sp³-hybridized carbons (Fsp3) is 0.500. The van der Waals surface area contributed by atoms with Gasteiger partial charge in [-0.15, -0.1) is 0 Å². The van der Waals surface area contributed by atoms with Crippen LogP contribution >= 0.6 is 27.5 Å². The van der Waals surface area contributed by atoms with E-state index in [4.69, 9.17) is 11.6 Å². The van der Waals surface area contributed by atoms with Crippen molar-refractivity contribution in [3.63, 3.8) is 0 Å². The smallest absolute Gasteiger partial charge is 0.129 e. The van der Waals surface area contributed by atoms with Gasteiger partial charge in [-0.3, -0.25) is 0 Å². The molecular weight excluding hydrogens is 292 g/mol. The molecule has 0 heterocycles. The molecule has 1 unspecified atom stereocenters. The van der Waals surface area contributed by atoms with E-state index in [9.17, 15) is 4.39 Å². The van der Waals surface area contributed by atoms with Crippen LogP contribution in [0.15, 0.2) is 16.6 Å². The van der Waals surface area contributed by atoms with Gasteiger partial charge in [0.15, 0.2) is 0 Å². The lowest BCUT2D eigenvalue weighted by Gasteiger charge is -2.17. The average molecular weight is 307 g/mol. The predicted octanol–water partition coefficient (Wildman–Crippen LogP) is 4.30. The van der Waals surface area contributed by atoms with Gasteiger partial charge in [-0.05, 0) is 47.4 Å². The van der Waals surface area contributed by atoms with Gasteiger partial charge < -0.3 is 5.32 Å². The minimum Gasteiger partial charge on any atom is -0.313 e. The van der Waals surface area contributed by atoms with E-state index in [1.807, 2.05) is 7.05 Å². The van der Waals surface area contributed by atoms with Crippen LogP contribution in [0.25, 0.3) is 0 Å². The van der Waals surface area contributed by atoms with Gasteiger partial charge in [-0.1, -0.05) is 24.4 Å². The molecule has 0 aliphatic heterocycles. The molecule has 1 aliphatic carbocycles. The minimum atomic E-state index is -0.198. The van der Waals surface area contributed by atoms with Crippen molar-refractivity contribution in [3.05, 3.63) is 33.0 Å². The third kappa shape index (κ3) is 2.76. The SMILES string of the molecule is CNC(CC1CC1)c1cc(Cl)c(Br)cc1F. The Morgan fingerprint density at radius 2 is 2.25 bits per heavy atom. The molecule has 16 heavy (non-hydrogen) atoms. The average Bonchev–Trinajstić information content (AvgIpc) is 3.04. The zero-order valence-corrected chi connectivity index (χ0v) is 11.4. The quantitative estimate of drug-likeness (QED) is 0.818. The van der Waals surface area contributed by atoms with E-state index < -0.39 is 0 Å². The highest BCUT2D eigenvalue weighted by atomic mass is 79.9. The maximum atomic E-state index is 13.8. The Bertz CT molecular complexity index is 393. The second-order valence-electron chi connectivity index (χ2n) is 4.31. The predicted molar refractivity (Wildman–Crippen MR) is 68.3 cm³/mol. The normalized spacial score (nSPS) is 17.5. The highest BCUT2D eigenvalue weighted by Gasteiger charge is 2.27. The molecule has 0 spiro atoms. The Hall–Kier alpha value is -0.120. The van der Waals surface area contributed by atoms with Crippen molar-refractivity contribution >= 4 is 27.5 Å². The summed E-state index contributed by atoms with van der Waals surface area (Å²) in [6.45, 7) is 0. The van der Waals surface area contributed by atoms with Crippen molar-refractivity contribution in [3.8, 4) is 0 Å². The molecule has 1 aromatic carbocycles. The summed E-state index contributed by atoms with van der Waals surface area (Å²) < 4.78 is 14.4. The highest BCUT2D eigenvalue weighted by molar-refractivity contribution is 9.10. The molecule has 0 aromatic heterocycles. The molecule has 2 rings (SSSR count). The molecule has 4 heteroatoms. The highest BCUT2D eigenvalue weighted by Crippen LogP contribution is 2.39. The van der Waals surface area contributed by atoms with E-state index in [1.54, 1.807) is 6.07 Å². The maximum absolute atomic E-state index is 13.8. The third-order valence-corrected chi connectivity index (χ3v) is 4.23. The fourth-order valence-corrected chi connectivity index (χ4v) is 2.38. The first-order valence-electron chi connectivity index (χ1n) is 5.43. The molecule has 0 amide bonds. The molecular formula is C12H14BrClFN. The van der Waals surface area contributed by atoms with Crippen molar-refractivity contribution in [1.29, 1.82) is 0 Å². The third-order valence-electron chi connectivity index (χ3n) is 3.03. The molecule has 88 valence electrons. The van der Waals surface area contributed by atoms with Crippen LogP contribution in [0.3, 0.4) is 0 Å². The number of benzene rings is 1. The molecule has 1 N–H and O–H groups in total. The van der Waals surface area contributed by atoms with Crippen LogP contribution in [-0.2, 0) is 0 Å². The topological polar surface area (TPSA) is 12.0 Å². The number of nitrogens with one attached hydrogen (secondary N) is 1. The van der Waals surface area contributed by atoms with Gasteiger partial charge >= 0.3 is 0 Å². The molecule has 1 aliphatic rings. The van der Waals surface area contributed by atoms with Gasteiger partial charge in [0.1, 0.15) is 5.82 Å². The van der Waals surface area contributed by atoms with E-state index in [-0.39, 0.29) is 11.9 Å². The maximum Gasteiger partial charge on any atom is 0.129 e. The van der Waals surface area contributed by atoms with Crippen LogP contribution in [-0.4, -0.2) is 7.05 Å². The summed E-state index contributed by atoms with van der Waals surface area (Å²) in [6.07, 6.45) is 3.53. The van der Waals surface area contributed by atoms with E-state index in [2.05, 4.69) is 21.2 Å². The van der Waals surface area contributed by atoms with Crippen molar-refractivity contribution in [2.24, 2.45) is 5.92 Å². The number of halogens is 3. The van der Waals surface area contributed by atoms with E-state index >= 15 is 0 Å². The summed E-state index contributed by atoms with van der Waals surface area (Å²) in [5.74, 6) is 0.551. The molecule has 1 fully saturated rings. The van der Waals surface area contributed by atoms with E-state index in [0.717, 1.165) is 12.3 Å². The molecule has 0 radical (unpaired) electrons. The lowest BCUT2D eigenvalue weighted by atomic mass is 10.0. The summed E-state index contributed by atoms with van der Waals surface area (Å²) >= 11 is 9.22. The number of rotatable bonds is 4. The van der Waals surface area contributed by atoms with Crippen LogP contribution in [0.2, 0.25) is 5.02 Å². The van der Waals surface area contributed by atoms with Gasteiger partial charge in [0.2, 0.25) is 0 Å². The Morgan fingerprint density at radius 1 is 1.56 bits per heavy atom. The standard InChI is InChI=1S/C12H14BrClFN/c1-16-12(4-7-2-3-7)8-5-10(14)9(13)6-11(8)15/h5-7,12,16H,2-4H2,1H3. The van der Waals surface area contributed by atoms with Gasteiger partial charge in [0, 0.05) is 16.1 Å². The van der Waals surface area contributed by atoms with Crippen LogP contribution in [0, 0.1) is 11.7 Å². The summed E-state index contributed by atoms with van der Waals surface area (Å²) in [7, 11) is 1.86. The van der Waals surface area contributed by atoms with Crippen LogP contribution in [0.5, 0.6) is 0 Å². The molecule has 1 atom stereocenters. The van der Waals surface area contributed by atoms with Crippen LogP contribution < -0.4 is 5.32 Å². The Kier molecular flexibility index (Phi) is 3.88. The monoisotopic (exact) mass is 305 g/mol. The molecule has 1 saturated carbocycles. The fourth-order valence-electron chi connectivity index (χ4n) is 1.89. The first-order chi connectivity index (χ1) is 7.61. The summed E-state index contributed by atoms with van der Waals surface area (Å²) in [4.78, 5) is 0. The van der Waals surface area contributed by atoms with Crippen molar-refractivity contribution in [2.75, 3.05) is 7.05 Å². The first kappa shape index (κ1) is 12.3. The number of hydrogen-bond donors (Lipinski definition) is 1. The van der Waals surface area contributed by atoms with Crippen LogP contribution in [0.4, 0.5) is 4.39 Å². The zero-order chi connectivity index (χ0) is 11.7. The van der Waals surface area contributed by atoms with Crippen molar-refractivity contribution in [1.82, 2.24) is 5.32 Å². The van der Waals surface area contributed by atoms with Crippen molar-refractivity contribution in [2.45, 2.75) is 25.3 Å². The zero-order valence-electron chi connectivity index (χ0n) is 9.06. The number of hydrogen-bond acceptors (Lipinski definition) is 1. The Labute approximate surface area is 109 Å². The van der Waals surface area contributed by atoms with Crippen molar-refractivity contribution < 1.29 is 4.39 Å². The summed E-state index contributed by atoms with van der Waals surface area (Å²) in [5, 5.41) is 3.73. The first-order valence-corrected chi connectivity index (χ1v) is 6.60. The minimum absolute atomic E-state index is 0.0677. The summed E-state index contributed by atoms with van der Waals surface area (Å²) in [5.41, 5.74) is 0.669. The van der Waals surface area contributed by atoms with Gasteiger partial charge in [0.25, 0.3) is 0 Å². The summed E-state index contributed by atoms with van der Waals surface area (Å²) in [6, 6.07) is 3.22. The second-order valence-corrected chi connectivity index (χ2v) is 5.57. The Balaban J connectivity index is 2.25. The molecule has 1 nitrogen and oxygen atoms in total. The lowest BCUT2D eigenvalue weighted by molar-refractivity contribution is 0.484. The molecule has 0 bridgehead atoms. The largest absolute Gasteiger partial charge is 0.313 e. The van der Waals surface area contributed by atoms with E-state index in [1.165, 1.54) is 18.9 Å². The van der Waals surface area contributed by atoms with Gasteiger partial charge in [-0.25, -0.2) is 4.39 Å². The Morgan fingerprint density at radius 3 is 2.81 bits per heavy atom. The van der Waals surface area contributed by atoms with Gasteiger partial charge in [-0.2, -0.15) is 0 Å². The molecule has 1 aromatic rings. The second kappa shape index (κ2) is 5.03. The lowest BCUT2D eigenvalue weighted by Crippen LogP contribution is -2.18. The molecule has 0 saturated heterocycles. The van der Waals surface area contributed by atoms with Crippen LogP contribution in [0.1, 0.15) is 30.9 Å².